The van der Waals surface area contributed by atoms with Crippen LogP contribution >= 0.6 is 0 Å². The fourth-order valence-corrected chi connectivity index (χ4v) is 4.08. The van der Waals surface area contributed by atoms with Crippen molar-refractivity contribution < 1.29 is 22.4 Å². The first kappa shape index (κ1) is 17.7. The smallest absolute Gasteiger partial charge is 0.251 e. The molecule has 1 aromatic heterocycles. The van der Waals surface area contributed by atoms with Crippen molar-refractivity contribution in [2.75, 3.05) is 26.3 Å². The first-order valence-corrected chi connectivity index (χ1v) is 9.45. The van der Waals surface area contributed by atoms with Gasteiger partial charge < -0.3 is 14.5 Å². The van der Waals surface area contributed by atoms with Gasteiger partial charge in [0.1, 0.15) is 5.76 Å². The van der Waals surface area contributed by atoms with E-state index >= 15 is 0 Å². The zero-order valence-electron chi connectivity index (χ0n) is 13.8. The van der Waals surface area contributed by atoms with Gasteiger partial charge >= 0.3 is 0 Å². The zero-order valence-corrected chi connectivity index (χ0v) is 14.7. The minimum absolute atomic E-state index is 0.104. The Bertz CT molecular complexity index is 826. The summed E-state index contributed by atoms with van der Waals surface area (Å²) in [5.41, 5.74) is 0.285. The number of morpholine rings is 1. The molecule has 1 aliphatic rings. The molecule has 1 N–H and O–H groups in total. The molecule has 1 aliphatic heterocycles. The third-order valence-corrected chi connectivity index (χ3v) is 5.92. The topological polar surface area (TPSA) is 88.9 Å². The summed E-state index contributed by atoms with van der Waals surface area (Å²) in [5, 5.41) is 2.80. The SMILES string of the molecule is C[C@@H](NC(=O)c1cccc(S(=O)(=O)N2CCOCC2)c1)c1ccco1. The standard InChI is InChI=1S/C17H20N2O5S/c1-13(16-6-3-9-24-16)18-17(20)14-4-2-5-15(12-14)25(21,22)19-7-10-23-11-8-19/h2-6,9,12-13H,7-8,10-11H2,1H3,(H,18,20)/t13-/m1/s1. The Morgan fingerprint density at radius 1 is 1.20 bits per heavy atom. The van der Waals surface area contributed by atoms with Gasteiger partial charge in [0.05, 0.1) is 30.4 Å². The molecule has 8 heteroatoms. The predicted octanol–water partition coefficient (Wildman–Crippen LogP) is 1.79. The largest absolute Gasteiger partial charge is 0.467 e. The highest BCUT2D eigenvalue weighted by Gasteiger charge is 2.27. The lowest BCUT2D eigenvalue weighted by Crippen LogP contribution is -2.40. The van der Waals surface area contributed by atoms with E-state index in [9.17, 15) is 13.2 Å². The van der Waals surface area contributed by atoms with Crippen LogP contribution in [0.1, 0.15) is 29.1 Å². The number of hydrogen-bond acceptors (Lipinski definition) is 5. The molecule has 0 bridgehead atoms. The number of carbonyl (C=O) groups is 1. The summed E-state index contributed by atoms with van der Waals surface area (Å²) in [6, 6.07) is 9.24. The fourth-order valence-electron chi connectivity index (χ4n) is 2.62. The van der Waals surface area contributed by atoms with Crippen LogP contribution in [0.4, 0.5) is 0 Å². The van der Waals surface area contributed by atoms with Gasteiger partial charge in [-0.2, -0.15) is 4.31 Å². The van der Waals surface area contributed by atoms with Crippen LogP contribution in [0.25, 0.3) is 0 Å². The predicted molar refractivity (Wildman–Crippen MR) is 90.6 cm³/mol. The van der Waals surface area contributed by atoms with Crippen LogP contribution in [0.5, 0.6) is 0 Å². The van der Waals surface area contributed by atoms with Crippen molar-refractivity contribution in [3.63, 3.8) is 0 Å². The molecule has 25 heavy (non-hydrogen) atoms. The van der Waals surface area contributed by atoms with Gasteiger partial charge in [-0.3, -0.25) is 4.79 Å². The van der Waals surface area contributed by atoms with Gasteiger partial charge in [0, 0.05) is 18.7 Å². The highest BCUT2D eigenvalue weighted by atomic mass is 32.2. The average molecular weight is 364 g/mol. The number of amides is 1. The number of benzene rings is 1. The Morgan fingerprint density at radius 2 is 1.96 bits per heavy atom. The molecule has 2 heterocycles. The van der Waals surface area contributed by atoms with Crippen LogP contribution < -0.4 is 5.32 Å². The molecule has 0 radical (unpaired) electrons. The van der Waals surface area contributed by atoms with E-state index in [0.717, 1.165) is 0 Å². The maximum absolute atomic E-state index is 12.7. The van der Waals surface area contributed by atoms with Gasteiger partial charge in [-0.05, 0) is 37.3 Å². The minimum atomic E-state index is -3.63. The lowest BCUT2D eigenvalue weighted by molar-refractivity contribution is 0.0730. The van der Waals surface area contributed by atoms with Crippen LogP contribution in [-0.2, 0) is 14.8 Å². The van der Waals surface area contributed by atoms with Gasteiger partial charge in [-0.15, -0.1) is 0 Å². The van der Waals surface area contributed by atoms with Crippen molar-refractivity contribution in [3.8, 4) is 0 Å². The van der Waals surface area contributed by atoms with Crippen LogP contribution in [0.2, 0.25) is 0 Å². The molecule has 3 rings (SSSR count). The molecule has 1 atom stereocenters. The molecule has 7 nitrogen and oxygen atoms in total. The fraction of sp³-hybridized carbons (Fsp3) is 0.353. The average Bonchev–Trinajstić information content (AvgIpc) is 3.17. The van der Waals surface area contributed by atoms with Crippen molar-refractivity contribution in [1.29, 1.82) is 0 Å². The molecule has 2 aromatic rings. The third kappa shape index (κ3) is 3.92. The van der Waals surface area contributed by atoms with Crippen LogP contribution in [0, 0.1) is 0 Å². The molecule has 0 unspecified atom stereocenters. The van der Waals surface area contributed by atoms with E-state index in [1.807, 2.05) is 0 Å². The molecule has 1 saturated heterocycles. The second-order valence-corrected chi connectivity index (χ2v) is 7.69. The number of ether oxygens (including phenoxy) is 1. The van der Waals surface area contributed by atoms with Gasteiger partial charge in [0.25, 0.3) is 5.91 Å². The van der Waals surface area contributed by atoms with E-state index in [1.165, 1.54) is 22.7 Å². The quantitative estimate of drug-likeness (QED) is 0.874. The van der Waals surface area contributed by atoms with E-state index in [-0.39, 0.29) is 22.4 Å². The zero-order chi connectivity index (χ0) is 17.9. The normalized spacial score (nSPS) is 17.2. The van der Waals surface area contributed by atoms with Crippen molar-refractivity contribution in [1.82, 2.24) is 9.62 Å². The number of rotatable bonds is 5. The lowest BCUT2D eigenvalue weighted by atomic mass is 10.2. The molecule has 1 amide bonds. The number of sulfonamides is 1. The van der Waals surface area contributed by atoms with Crippen molar-refractivity contribution in [2.24, 2.45) is 0 Å². The number of carbonyl (C=O) groups excluding carboxylic acids is 1. The molecular weight excluding hydrogens is 344 g/mol. The van der Waals surface area contributed by atoms with E-state index in [0.29, 0.717) is 32.1 Å². The lowest BCUT2D eigenvalue weighted by Gasteiger charge is -2.26. The first-order chi connectivity index (χ1) is 12.0. The van der Waals surface area contributed by atoms with Crippen LogP contribution in [0.3, 0.4) is 0 Å². The second kappa shape index (κ2) is 7.38. The summed E-state index contributed by atoms with van der Waals surface area (Å²) < 4.78 is 37.2. The summed E-state index contributed by atoms with van der Waals surface area (Å²) >= 11 is 0. The summed E-state index contributed by atoms with van der Waals surface area (Å²) in [7, 11) is -3.63. The van der Waals surface area contributed by atoms with Gasteiger partial charge in [-0.25, -0.2) is 8.42 Å². The summed E-state index contributed by atoms with van der Waals surface area (Å²) in [4.78, 5) is 12.5. The second-order valence-electron chi connectivity index (χ2n) is 5.75. The number of nitrogens with one attached hydrogen (secondary N) is 1. The number of nitrogens with zero attached hydrogens (tertiary/aromatic N) is 1. The molecule has 1 fully saturated rings. The van der Waals surface area contributed by atoms with Crippen LogP contribution in [0.15, 0.2) is 52.0 Å². The van der Waals surface area contributed by atoms with Crippen molar-refractivity contribution in [3.05, 3.63) is 54.0 Å². The first-order valence-electron chi connectivity index (χ1n) is 8.01. The maximum atomic E-state index is 12.7. The van der Waals surface area contributed by atoms with E-state index in [2.05, 4.69) is 5.32 Å². The number of hydrogen-bond donors (Lipinski definition) is 1. The molecule has 0 aliphatic carbocycles. The summed E-state index contributed by atoms with van der Waals surface area (Å²) in [6.07, 6.45) is 1.54. The van der Waals surface area contributed by atoms with E-state index in [4.69, 9.17) is 9.15 Å². The monoisotopic (exact) mass is 364 g/mol. The Balaban J connectivity index is 1.77. The maximum Gasteiger partial charge on any atom is 0.251 e. The summed E-state index contributed by atoms with van der Waals surface area (Å²) in [6.45, 7) is 3.17. The minimum Gasteiger partial charge on any atom is -0.467 e. The Kier molecular flexibility index (Phi) is 5.22. The molecule has 1 aromatic carbocycles. The molecule has 0 spiro atoms. The van der Waals surface area contributed by atoms with Gasteiger partial charge in [0.2, 0.25) is 10.0 Å². The number of furan rings is 1. The molecule has 0 saturated carbocycles. The summed E-state index contributed by atoms with van der Waals surface area (Å²) in [5.74, 6) is 0.272. The van der Waals surface area contributed by atoms with Crippen LogP contribution in [-0.4, -0.2) is 44.9 Å². The van der Waals surface area contributed by atoms with Gasteiger partial charge in [-0.1, -0.05) is 6.07 Å². The van der Waals surface area contributed by atoms with Gasteiger partial charge in [0.15, 0.2) is 0 Å². The molecular formula is C17H20N2O5S. The Labute approximate surface area is 146 Å². The highest BCUT2D eigenvalue weighted by Crippen LogP contribution is 2.19. The highest BCUT2D eigenvalue weighted by molar-refractivity contribution is 7.89. The Morgan fingerprint density at radius 3 is 2.64 bits per heavy atom. The third-order valence-electron chi connectivity index (χ3n) is 4.02. The molecule has 134 valence electrons. The van der Waals surface area contributed by atoms with E-state index in [1.54, 1.807) is 31.2 Å². The van der Waals surface area contributed by atoms with E-state index < -0.39 is 10.0 Å². The Hall–Kier alpha value is -2.16. The van der Waals surface area contributed by atoms with Crippen molar-refractivity contribution in [2.45, 2.75) is 17.9 Å². The van der Waals surface area contributed by atoms with Crippen molar-refractivity contribution >= 4 is 15.9 Å².